The summed E-state index contributed by atoms with van der Waals surface area (Å²) in [7, 11) is 4.55. The number of ether oxygens (including phenoxy) is 3. The van der Waals surface area contributed by atoms with Gasteiger partial charge in [0.05, 0.1) is 32.4 Å². The Hall–Kier alpha value is -5.32. The van der Waals surface area contributed by atoms with Gasteiger partial charge in [0, 0.05) is 29.0 Å². The number of aromatic hydroxyl groups is 1. The molecule has 0 saturated heterocycles. The first-order valence-electron chi connectivity index (χ1n) is 12.8. The zero-order valence-corrected chi connectivity index (χ0v) is 22.8. The first kappa shape index (κ1) is 27.3. The van der Waals surface area contributed by atoms with Crippen LogP contribution in [0, 0.1) is 0 Å². The molecule has 5 aromatic rings. The molecule has 0 aliphatic carbocycles. The lowest BCUT2D eigenvalue weighted by Gasteiger charge is -2.08. The summed E-state index contributed by atoms with van der Waals surface area (Å²) in [4.78, 5) is 29.0. The van der Waals surface area contributed by atoms with E-state index in [0.29, 0.717) is 35.4 Å². The van der Waals surface area contributed by atoms with Crippen molar-refractivity contribution in [3.63, 3.8) is 0 Å². The number of nitrogens with zero attached hydrogens (tertiary/aromatic N) is 3. The zero-order chi connectivity index (χ0) is 28.9. The second kappa shape index (κ2) is 11.8. The lowest BCUT2D eigenvalue weighted by molar-refractivity contribution is -0.121. The highest BCUT2D eigenvalue weighted by atomic mass is 16.5. The van der Waals surface area contributed by atoms with E-state index in [0.717, 1.165) is 22.2 Å². The molecule has 0 saturated carbocycles. The summed E-state index contributed by atoms with van der Waals surface area (Å²) in [5, 5.41) is 23.4. The molecule has 0 spiro atoms. The van der Waals surface area contributed by atoms with Gasteiger partial charge in [-0.1, -0.05) is 18.2 Å². The van der Waals surface area contributed by atoms with Crippen molar-refractivity contribution >= 4 is 39.3 Å². The van der Waals surface area contributed by atoms with Crippen LogP contribution >= 0.6 is 0 Å². The van der Waals surface area contributed by atoms with Gasteiger partial charge < -0.3 is 34.2 Å². The number of aromatic amines is 1. The van der Waals surface area contributed by atoms with E-state index in [1.54, 1.807) is 43.5 Å². The molecule has 0 unspecified atom stereocenters. The molecule has 3 aromatic carbocycles. The lowest BCUT2D eigenvalue weighted by Crippen LogP contribution is -2.29. The maximum Gasteiger partial charge on any atom is 0.299 e. The smallest absolute Gasteiger partial charge is 0.299 e. The van der Waals surface area contributed by atoms with Crippen LogP contribution in [0.25, 0.3) is 21.8 Å². The van der Waals surface area contributed by atoms with E-state index in [-0.39, 0.29) is 29.6 Å². The number of benzene rings is 3. The average Bonchev–Trinajstić information content (AvgIpc) is 3.52. The van der Waals surface area contributed by atoms with E-state index in [1.165, 1.54) is 24.9 Å². The molecule has 3 N–H and O–H groups in total. The SMILES string of the molecule is COc1ccc(OC)c(C(=O)N=Nc2c(O)n(CC(=O)NCCc3c[nH]c4ccc(OC)cc34)c3ccccc23)c1. The molecular weight excluding hydrogens is 526 g/mol. The lowest BCUT2D eigenvalue weighted by atomic mass is 10.1. The molecular formula is C30H29N5O6. The quantitative estimate of drug-likeness (QED) is 0.204. The molecule has 0 radical (unpaired) electrons. The predicted molar refractivity (Wildman–Crippen MR) is 154 cm³/mol. The minimum absolute atomic E-state index is 0.0800. The van der Waals surface area contributed by atoms with Crippen LogP contribution in [0.2, 0.25) is 0 Å². The number of rotatable bonds is 10. The van der Waals surface area contributed by atoms with Gasteiger partial charge in [-0.15, -0.1) is 10.2 Å². The number of methoxy groups -OCH3 is 3. The summed E-state index contributed by atoms with van der Waals surface area (Å²) < 4.78 is 17.2. The van der Waals surface area contributed by atoms with E-state index >= 15 is 0 Å². The summed E-state index contributed by atoms with van der Waals surface area (Å²) in [6.07, 6.45) is 2.52. The number of azo groups is 1. The predicted octanol–water partition coefficient (Wildman–Crippen LogP) is 5.14. The van der Waals surface area contributed by atoms with E-state index in [9.17, 15) is 14.7 Å². The summed E-state index contributed by atoms with van der Waals surface area (Å²) in [6, 6.07) is 17.6. The van der Waals surface area contributed by atoms with E-state index in [4.69, 9.17) is 14.2 Å². The molecule has 0 aliphatic rings. The first-order valence-corrected chi connectivity index (χ1v) is 12.8. The minimum Gasteiger partial charge on any atom is -0.497 e. The van der Waals surface area contributed by atoms with Gasteiger partial charge in [-0.05, 0) is 54.4 Å². The topological polar surface area (TPSA) is 140 Å². The van der Waals surface area contributed by atoms with Crippen LogP contribution in [0.15, 0.2) is 77.1 Å². The van der Waals surface area contributed by atoms with Crippen molar-refractivity contribution in [2.24, 2.45) is 10.2 Å². The Morgan fingerprint density at radius 3 is 2.49 bits per heavy atom. The van der Waals surface area contributed by atoms with Crippen molar-refractivity contribution in [2.75, 3.05) is 27.9 Å². The van der Waals surface area contributed by atoms with Crippen LogP contribution in [0.3, 0.4) is 0 Å². The van der Waals surface area contributed by atoms with Crippen LogP contribution in [0.5, 0.6) is 23.1 Å². The Kier molecular flexibility index (Phi) is 7.86. The van der Waals surface area contributed by atoms with E-state index in [2.05, 4.69) is 20.5 Å². The van der Waals surface area contributed by atoms with Crippen LogP contribution in [0.1, 0.15) is 15.9 Å². The number of para-hydroxylation sites is 1. The summed E-state index contributed by atoms with van der Waals surface area (Å²) >= 11 is 0. The molecule has 0 fully saturated rings. The molecule has 2 heterocycles. The third kappa shape index (κ3) is 5.55. The highest BCUT2D eigenvalue weighted by Crippen LogP contribution is 2.39. The highest BCUT2D eigenvalue weighted by molar-refractivity contribution is 5.99. The number of hydrogen-bond acceptors (Lipinski definition) is 7. The number of hydrogen-bond donors (Lipinski definition) is 3. The molecule has 2 aromatic heterocycles. The molecule has 11 heteroatoms. The Balaban J connectivity index is 1.32. The third-order valence-electron chi connectivity index (χ3n) is 6.79. The second-order valence-corrected chi connectivity index (χ2v) is 9.17. The van der Waals surface area contributed by atoms with Gasteiger partial charge in [0.15, 0.2) is 5.69 Å². The van der Waals surface area contributed by atoms with Gasteiger partial charge in [-0.2, -0.15) is 0 Å². The fourth-order valence-corrected chi connectivity index (χ4v) is 4.69. The fraction of sp³-hybridized carbons (Fsp3) is 0.200. The van der Waals surface area contributed by atoms with Crippen LogP contribution in [0.4, 0.5) is 5.69 Å². The minimum atomic E-state index is -0.676. The summed E-state index contributed by atoms with van der Waals surface area (Å²) in [6.45, 7) is 0.244. The van der Waals surface area contributed by atoms with E-state index in [1.807, 2.05) is 24.4 Å². The fourth-order valence-electron chi connectivity index (χ4n) is 4.69. The molecule has 0 aliphatic heterocycles. The van der Waals surface area contributed by atoms with Gasteiger partial charge in [-0.25, -0.2) is 0 Å². The monoisotopic (exact) mass is 555 g/mol. The molecule has 2 amide bonds. The Bertz CT molecular complexity index is 1770. The Morgan fingerprint density at radius 2 is 1.71 bits per heavy atom. The largest absolute Gasteiger partial charge is 0.497 e. The van der Waals surface area contributed by atoms with Crippen LogP contribution in [-0.4, -0.2) is 54.3 Å². The standard InChI is InChI=1S/C30H29N5O6/c1-39-19-8-10-24-22(14-19)18(16-32-24)12-13-31-27(36)17-35-25-7-5-4-6-21(25)28(30(35)38)33-34-29(37)23-15-20(40-2)9-11-26(23)41-3/h4-11,14-16,32,38H,12-13,17H2,1-3H3,(H,31,36). The Morgan fingerprint density at radius 1 is 0.951 bits per heavy atom. The molecule has 0 bridgehead atoms. The molecule has 5 rings (SSSR count). The van der Waals surface area contributed by atoms with Crippen molar-refractivity contribution in [3.8, 4) is 23.1 Å². The van der Waals surface area contributed by atoms with Gasteiger partial charge >= 0.3 is 0 Å². The van der Waals surface area contributed by atoms with Crippen molar-refractivity contribution < 1.29 is 28.9 Å². The maximum absolute atomic E-state index is 12.9. The number of H-pyrrole nitrogens is 1. The molecule has 41 heavy (non-hydrogen) atoms. The highest BCUT2D eigenvalue weighted by Gasteiger charge is 2.20. The molecule has 210 valence electrons. The van der Waals surface area contributed by atoms with Crippen molar-refractivity contribution in [1.29, 1.82) is 0 Å². The Labute approximate surface area is 235 Å². The van der Waals surface area contributed by atoms with Gasteiger partial charge in [0.1, 0.15) is 23.8 Å². The van der Waals surface area contributed by atoms with Crippen molar-refractivity contribution in [1.82, 2.24) is 14.9 Å². The summed E-state index contributed by atoms with van der Waals surface area (Å²) in [5.74, 6) is 0.279. The third-order valence-corrected chi connectivity index (χ3v) is 6.79. The number of carbonyl (C=O) groups is 2. The normalized spacial score (nSPS) is 11.3. The number of amides is 2. The number of fused-ring (bicyclic) bond motifs is 2. The number of carbonyl (C=O) groups excluding carboxylic acids is 2. The second-order valence-electron chi connectivity index (χ2n) is 9.17. The number of nitrogens with one attached hydrogen (secondary N) is 2. The molecule has 11 nitrogen and oxygen atoms in total. The number of aromatic nitrogens is 2. The summed E-state index contributed by atoms with van der Waals surface area (Å²) in [5.41, 5.74) is 2.85. The van der Waals surface area contributed by atoms with Crippen molar-refractivity contribution in [3.05, 3.63) is 78.0 Å². The van der Waals surface area contributed by atoms with Crippen LogP contribution in [-0.2, 0) is 17.8 Å². The van der Waals surface area contributed by atoms with Gasteiger partial charge in [-0.3, -0.25) is 9.59 Å². The molecule has 0 atom stereocenters. The maximum atomic E-state index is 12.9. The van der Waals surface area contributed by atoms with Crippen molar-refractivity contribution in [2.45, 2.75) is 13.0 Å². The average molecular weight is 556 g/mol. The zero-order valence-electron chi connectivity index (χ0n) is 22.8. The van der Waals surface area contributed by atoms with E-state index < -0.39 is 5.91 Å². The van der Waals surface area contributed by atoms with Gasteiger partial charge in [0.25, 0.3) is 5.91 Å². The van der Waals surface area contributed by atoms with Gasteiger partial charge in [0.2, 0.25) is 11.8 Å². The first-order chi connectivity index (χ1) is 19.9. The van der Waals surface area contributed by atoms with Crippen LogP contribution < -0.4 is 19.5 Å².